The van der Waals surface area contributed by atoms with Crippen LogP contribution in [0.15, 0.2) is 18.2 Å². The van der Waals surface area contributed by atoms with Crippen LogP contribution in [0.5, 0.6) is 11.5 Å². The summed E-state index contributed by atoms with van der Waals surface area (Å²) in [4.78, 5) is 11.2. The van der Waals surface area contributed by atoms with Crippen molar-refractivity contribution in [3.63, 3.8) is 0 Å². The van der Waals surface area contributed by atoms with E-state index in [0.717, 1.165) is 5.56 Å². The fourth-order valence-electron chi connectivity index (χ4n) is 1.53. The molecule has 1 aromatic rings. The summed E-state index contributed by atoms with van der Waals surface area (Å²) in [6.45, 7) is 2.81. The first kappa shape index (κ1) is 17.2. The molecule has 0 fully saturated rings. The number of hydrogen-bond acceptors (Lipinski definition) is 4. The van der Waals surface area contributed by atoms with Gasteiger partial charge in [0.1, 0.15) is 0 Å². The molecule has 1 aromatic carbocycles. The van der Waals surface area contributed by atoms with Gasteiger partial charge in [-0.15, -0.1) is 0 Å². The number of carbonyl (C=O) groups is 1. The Bertz CT molecular complexity index is 493. The summed E-state index contributed by atoms with van der Waals surface area (Å²) in [5, 5.41) is 2.99. The maximum Gasteiger partial charge on any atom is 0.387 e. The highest BCUT2D eigenvalue weighted by atomic mass is 19.3. The number of benzene rings is 1. The number of nitrogens with two attached hydrogens (primary N) is 1. The van der Waals surface area contributed by atoms with Gasteiger partial charge in [-0.3, -0.25) is 10.1 Å². The highest BCUT2D eigenvalue weighted by Crippen LogP contribution is 2.30. The Morgan fingerprint density at radius 2 is 2.05 bits per heavy atom. The predicted molar refractivity (Wildman–Crippen MR) is 74.4 cm³/mol. The van der Waals surface area contributed by atoms with Crippen LogP contribution in [0.3, 0.4) is 0 Å². The molecular formula is C14H20F2N2O3. The Morgan fingerprint density at radius 1 is 1.38 bits per heavy atom. The zero-order chi connectivity index (χ0) is 16.0. The van der Waals surface area contributed by atoms with Crippen molar-refractivity contribution in [3.8, 4) is 11.5 Å². The lowest BCUT2D eigenvalue weighted by molar-refractivity contribution is -0.123. The lowest BCUT2D eigenvalue weighted by Gasteiger charge is -2.22. The van der Waals surface area contributed by atoms with Gasteiger partial charge in [-0.1, -0.05) is 6.07 Å². The monoisotopic (exact) mass is 302 g/mol. The van der Waals surface area contributed by atoms with Gasteiger partial charge in [-0.2, -0.15) is 8.78 Å². The van der Waals surface area contributed by atoms with Crippen molar-refractivity contribution in [1.82, 2.24) is 5.32 Å². The van der Waals surface area contributed by atoms with Gasteiger partial charge in [0.15, 0.2) is 11.5 Å². The van der Waals surface area contributed by atoms with E-state index in [0.29, 0.717) is 13.2 Å². The molecule has 0 aliphatic rings. The first-order valence-electron chi connectivity index (χ1n) is 6.51. The normalized spacial score (nSPS) is 11.5. The molecule has 0 aromatic heterocycles. The van der Waals surface area contributed by atoms with E-state index in [2.05, 4.69) is 10.1 Å². The molecule has 0 bridgehead atoms. The van der Waals surface area contributed by atoms with Crippen LogP contribution in [-0.2, 0) is 11.3 Å². The molecule has 0 aliphatic heterocycles. The zero-order valence-electron chi connectivity index (χ0n) is 12.3. The van der Waals surface area contributed by atoms with Gasteiger partial charge in [0.05, 0.1) is 12.1 Å². The first-order chi connectivity index (χ1) is 9.76. The number of halogens is 2. The second kappa shape index (κ2) is 7.21. The average Bonchev–Trinajstić information content (AvgIpc) is 2.38. The van der Waals surface area contributed by atoms with Crippen molar-refractivity contribution in [2.24, 2.45) is 5.73 Å². The van der Waals surface area contributed by atoms with Gasteiger partial charge in [0.2, 0.25) is 5.91 Å². The smallest absolute Gasteiger partial charge is 0.387 e. The molecule has 5 nitrogen and oxygen atoms in total. The lowest BCUT2D eigenvalue weighted by atomic mass is 10.0. The minimum absolute atomic E-state index is 0.0234. The third-order valence-electron chi connectivity index (χ3n) is 2.87. The molecule has 0 saturated heterocycles. The van der Waals surface area contributed by atoms with Crippen LogP contribution in [0.2, 0.25) is 0 Å². The highest BCUT2D eigenvalue weighted by molar-refractivity contribution is 5.83. The number of hydrogen-bond donors (Lipinski definition) is 2. The minimum atomic E-state index is -2.91. The quantitative estimate of drug-likeness (QED) is 0.770. The summed E-state index contributed by atoms with van der Waals surface area (Å²) < 4.78 is 34.2. The third kappa shape index (κ3) is 5.18. The SMILES string of the molecule is CCOc1cc(CNC(C)(C)C(N)=O)ccc1OC(F)F. The number of rotatable bonds is 8. The lowest BCUT2D eigenvalue weighted by Crippen LogP contribution is -2.50. The molecule has 3 N–H and O–H groups in total. The van der Waals surface area contributed by atoms with Crippen molar-refractivity contribution in [3.05, 3.63) is 23.8 Å². The van der Waals surface area contributed by atoms with Crippen LogP contribution in [0, 0.1) is 0 Å². The van der Waals surface area contributed by atoms with E-state index in [1.165, 1.54) is 6.07 Å². The fraction of sp³-hybridized carbons (Fsp3) is 0.500. The van der Waals surface area contributed by atoms with Gasteiger partial charge in [-0.25, -0.2) is 0 Å². The van der Waals surface area contributed by atoms with Crippen LogP contribution in [0.1, 0.15) is 26.3 Å². The molecule has 0 heterocycles. The van der Waals surface area contributed by atoms with Gasteiger partial charge in [0, 0.05) is 6.54 Å². The summed E-state index contributed by atoms with van der Waals surface area (Å²) in [5.74, 6) is -0.274. The number of carbonyl (C=O) groups excluding carboxylic acids is 1. The number of primary amides is 1. The topological polar surface area (TPSA) is 73.6 Å². The molecule has 0 unspecified atom stereocenters. The third-order valence-corrected chi connectivity index (χ3v) is 2.87. The van der Waals surface area contributed by atoms with Crippen molar-refractivity contribution >= 4 is 5.91 Å². The summed E-state index contributed by atoms with van der Waals surface area (Å²) >= 11 is 0. The summed E-state index contributed by atoms with van der Waals surface area (Å²) in [5.41, 5.74) is 5.15. The molecule has 0 spiro atoms. The molecule has 1 rings (SSSR count). The number of nitrogens with one attached hydrogen (secondary N) is 1. The molecule has 1 amide bonds. The van der Waals surface area contributed by atoms with Gasteiger partial charge < -0.3 is 15.2 Å². The number of amides is 1. The second-order valence-electron chi connectivity index (χ2n) is 4.94. The Balaban J connectivity index is 2.85. The van der Waals surface area contributed by atoms with E-state index in [4.69, 9.17) is 10.5 Å². The predicted octanol–water partition coefficient (Wildman–Crippen LogP) is 2.04. The van der Waals surface area contributed by atoms with Crippen LogP contribution in [0.4, 0.5) is 8.78 Å². The van der Waals surface area contributed by atoms with E-state index in [9.17, 15) is 13.6 Å². The Kier molecular flexibility index (Phi) is 5.90. The molecular weight excluding hydrogens is 282 g/mol. The van der Waals surface area contributed by atoms with Crippen molar-refractivity contribution in [2.45, 2.75) is 39.5 Å². The molecule has 21 heavy (non-hydrogen) atoms. The summed E-state index contributed by atoms with van der Waals surface area (Å²) in [6, 6.07) is 4.61. The minimum Gasteiger partial charge on any atom is -0.490 e. The van der Waals surface area contributed by atoms with Crippen molar-refractivity contribution in [1.29, 1.82) is 0 Å². The molecule has 0 atom stereocenters. The number of ether oxygens (including phenoxy) is 2. The fourth-order valence-corrected chi connectivity index (χ4v) is 1.53. The number of alkyl halides is 2. The first-order valence-corrected chi connectivity index (χ1v) is 6.51. The summed E-state index contributed by atoms with van der Waals surface area (Å²) in [7, 11) is 0. The maximum absolute atomic E-state index is 12.3. The average molecular weight is 302 g/mol. The molecule has 118 valence electrons. The largest absolute Gasteiger partial charge is 0.490 e. The molecule has 0 aliphatic carbocycles. The van der Waals surface area contributed by atoms with Crippen molar-refractivity contribution < 1.29 is 23.0 Å². The molecule has 0 radical (unpaired) electrons. The Morgan fingerprint density at radius 3 is 2.57 bits per heavy atom. The van der Waals surface area contributed by atoms with E-state index in [1.807, 2.05) is 0 Å². The van der Waals surface area contributed by atoms with Crippen LogP contribution in [-0.4, -0.2) is 24.7 Å². The highest BCUT2D eigenvalue weighted by Gasteiger charge is 2.23. The van der Waals surface area contributed by atoms with E-state index >= 15 is 0 Å². The van der Waals surface area contributed by atoms with Crippen LogP contribution < -0.4 is 20.5 Å². The van der Waals surface area contributed by atoms with E-state index < -0.39 is 18.1 Å². The molecule has 7 heteroatoms. The van der Waals surface area contributed by atoms with E-state index in [-0.39, 0.29) is 11.5 Å². The van der Waals surface area contributed by atoms with Crippen molar-refractivity contribution in [2.75, 3.05) is 6.61 Å². The maximum atomic E-state index is 12.3. The van der Waals surface area contributed by atoms with E-state index in [1.54, 1.807) is 32.9 Å². The van der Waals surface area contributed by atoms with Gasteiger partial charge >= 0.3 is 6.61 Å². The van der Waals surface area contributed by atoms with Crippen LogP contribution in [0.25, 0.3) is 0 Å². The van der Waals surface area contributed by atoms with Gasteiger partial charge in [-0.05, 0) is 38.5 Å². The standard InChI is InChI=1S/C14H20F2N2O3/c1-4-20-11-7-9(5-6-10(11)21-13(15)16)8-18-14(2,3)12(17)19/h5-7,13,18H,4,8H2,1-3H3,(H2,17,19). The second-order valence-corrected chi connectivity index (χ2v) is 4.94. The van der Waals surface area contributed by atoms with Gasteiger partial charge in [0.25, 0.3) is 0 Å². The Labute approximate surface area is 122 Å². The summed E-state index contributed by atoms with van der Waals surface area (Å²) in [6.07, 6.45) is 0. The van der Waals surface area contributed by atoms with Crippen LogP contribution >= 0.6 is 0 Å². The molecule has 0 saturated carbocycles. The Hall–Kier alpha value is -1.89. The zero-order valence-corrected chi connectivity index (χ0v) is 12.3.